The van der Waals surface area contributed by atoms with Gasteiger partial charge in [0.2, 0.25) is 0 Å². The van der Waals surface area contributed by atoms with Crippen molar-refractivity contribution in [3.63, 3.8) is 0 Å². The summed E-state index contributed by atoms with van der Waals surface area (Å²) in [6.45, 7) is 6.79. The number of guanidine groups is 1. The maximum atomic E-state index is 5.36. The van der Waals surface area contributed by atoms with Crippen molar-refractivity contribution in [2.24, 2.45) is 16.8 Å². The number of nitrogens with zero attached hydrogens (tertiary/aromatic N) is 1. The number of ether oxygens (including phenoxy) is 1. The normalized spacial score (nSPS) is 24.3. The molecule has 18 heavy (non-hydrogen) atoms. The quantitative estimate of drug-likeness (QED) is 0.444. The predicted octanol–water partition coefficient (Wildman–Crippen LogP) is 2.00. The number of nitrogens with one attached hydrogen (secondary N) is 2. The van der Waals surface area contributed by atoms with Crippen molar-refractivity contribution >= 4 is 29.9 Å². The molecule has 1 atom stereocenters. The summed E-state index contributed by atoms with van der Waals surface area (Å²) in [4.78, 5) is 4.64. The third-order valence-corrected chi connectivity index (χ3v) is 3.66. The molecular formula is C13H26IN3O. The van der Waals surface area contributed by atoms with Crippen LogP contribution in [0, 0.1) is 11.8 Å². The highest BCUT2D eigenvalue weighted by Crippen LogP contribution is 2.25. The number of halogens is 1. The lowest BCUT2D eigenvalue weighted by atomic mass is 9.85. The summed E-state index contributed by atoms with van der Waals surface area (Å²) in [5.41, 5.74) is 0. The molecule has 1 saturated carbocycles. The average Bonchev–Trinajstić information content (AvgIpc) is 2.76. The molecule has 2 aliphatic rings. The zero-order valence-corrected chi connectivity index (χ0v) is 13.6. The Bertz CT molecular complexity index is 251. The Hall–Kier alpha value is -0.0400. The zero-order chi connectivity index (χ0) is 11.9. The number of aliphatic imine (C=N–C) groups is 1. The second-order valence-electron chi connectivity index (χ2n) is 5.13. The first-order valence-corrected chi connectivity index (χ1v) is 6.98. The van der Waals surface area contributed by atoms with Crippen LogP contribution in [0.3, 0.4) is 0 Å². The van der Waals surface area contributed by atoms with E-state index in [0.717, 1.165) is 51.1 Å². The van der Waals surface area contributed by atoms with Crippen LogP contribution in [0.15, 0.2) is 4.99 Å². The molecule has 2 N–H and O–H groups in total. The van der Waals surface area contributed by atoms with Gasteiger partial charge in [0.1, 0.15) is 0 Å². The van der Waals surface area contributed by atoms with Gasteiger partial charge in [-0.2, -0.15) is 0 Å². The van der Waals surface area contributed by atoms with Gasteiger partial charge in [-0.1, -0.05) is 6.42 Å². The third-order valence-electron chi connectivity index (χ3n) is 3.66. The summed E-state index contributed by atoms with van der Waals surface area (Å²) < 4.78 is 5.36. The standard InChI is InChI=1S/C13H25N3O.HI/c1-2-14-13(15-8-11-4-3-5-11)16-9-12-6-7-17-10-12;/h11-12H,2-10H2,1H3,(H2,14,15,16);1H. The molecule has 1 aliphatic carbocycles. The Labute approximate surface area is 127 Å². The van der Waals surface area contributed by atoms with Crippen molar-refractivity contribution in [3.8, 4) is 0 Å². The molecule has 0 aromatic rings. The average molecular weight is 367 g/mol. The topological polar surface area (TPSA) is 45.7 Å². The van der Waals surface area contributed by atoms with Gasteiger partial charge in [-0.3, -0.25) is 4.99 Å². The molecule has 2 rings (SSSR count). The van der Waals surface area contributed by atoms with E-state index in [1.807, 2.05) is 0 Å². The molecule has 0 spiro atoms. The molecule has 0 aromatic heterocycles. The molecule has 2 fully saturated rings. The fourth-order valence-electron chi connectivity index (χ4n) is 2.23. The molecule has 1 aliphatic heterocycles. The van der Waals surface area contributed by atoms with Gasteiger partial charge in [-0.25, -0.2) is 0 Å². The van der Waals surface area contributed by atoms with E-state index in [9.17, 15) is 0 Å². The van der Waals surface area contributed by atoms with Crippen LogP contribution >= 0.6 is 24.0 Å². The van der Waals surface area contributed by atoms with Gasteiger partial charge < -0.3 is 15.4 Å². The minimum atomic E-state index is 0. The van der Waals surface area contributed by atoms with Gasteiger partial charge in [0.05, 0.1) is 6.61 Å². The van der Waals surface area contributed by atoms with Crippen LogP contribution in [0.5, 0.6) is 0 Å². The number of rotatable bonds is 5. The van der Waals surface area contributed by atoms with Gasteiger partial charge in [0.25, 0.3) is 0 Å². The highest BCUT2D eigenvalue weighted by atomic mass is 127. The van der Waals surface area contributed by atoms with Gasteiger partial charge in [0.15, 0.2) is 5.96 Å². The second kappa shape index (κ2) is 8.96. The minimum absolute atomic E-state index is 0. The van der Waals surface area contributed by atoms with Gasteiger partial charge in [-0.05, 0) is 32.1 Å². The third kappa shape index (κ3) is 5.30. The number of hydrogen-bond acceptors (Lipinski definition) is 2. The van der Waals surface area contributed by atoms with Crippen LogP contribution in [0.25, 0.3) is 0 Å². The lowest BCUT2D eigenvalue weighted by Gasteiger charge is -2.26. The highest BCUT2D eigenvalue weighted by molar-refractivity contribution is 14.0. The molecule has 4 nitrogen and oxygen atoms in total. The van der Waals surface area contributed by atoms with Crippen molar-refractivity contribution in [2.75, 3.05) is 32.8 Å². The van der Waals surface area contributed by atoms with E-state index in [0.29, 0.717) is 5.92 Å². The lowest BCUT2D eigenvalue weighted by molar-refractivity contribution is 0.187. The van der Waals surface area contributed by atoms with Crippen molar-refractivity contribution in [1.29, 1.82) is 0 Å². The van der Waals surface area contributed by atoms with Crippen LogP contribution < -0.4 is 10.6 Å². The maximum absolute atomic E-state index is 5.36. The summed E-state index contributed by atoms with van der Waals surface area (Å²) in [7, 11) is 0. The highest BCUT2D eigenvalue weighted by Gasteiger charge is 2.18. The van der Waals surface area contributed by atoms with E-state index in [1.165, 1.54) is 19.3 Å². The first kappa shape index (κ1) is 16.0. The van der Waals surface area contributed by atoms with Gasteiger partial charge in [-0.15, -0.1) is 24.0 Å². The molecule has 106 valence electrons. The molecule has 0 aromatic carbocycles. The van der Waals surface area contributed by atoms with E-state index >= 15 is 0 Å². The molecule has 1 heterocycles. The van der Waals surface area contributed by atoms with E-state index in [-0.39, 0.29) is 24.0 Å². The SMILES string of the molecule is CCNC(=NCC1CCOC1)NCC1CCC1.I. The zero-order valence-electron chi connectivity index (χ0n) is 11.3. The van der Waals surface area contributed by atoms with Crippen LogP contribution in [0.2, 0.25) is 0 Å². The van der Waals surface area contributed by atoms with Crippen molar-refractivity contribution < 1.29 is 4.74 Å². The van der Waals surface area contributed by atoms with E-state index in [4.69, 9.17) is 4.74 Å². The van der Waals surface area contributed by atoms with Crippen molar-refractivity contribution in [3.05, 3.63) is 0 Å². The summed E-state index contributed by atoms with van der Waals surface area (Å²) in [5, 5.41) is 6.75. The molecule has 0 radical (unpaired) electrons. The molecule has 1 saturated heterocycles. The second-order valence-corrected chi connectivity index (χ2v) is 5.13. The largest absolute Gasteiger partial charge is 0.381 e. The molecule has 0 bridgehead atoms. The van der Waals surface area contributed by atoms with Gasteiger partial charge >= 0.3 is 0 Å². The van der Waals surface area contributed by atoms with Crippen LogP contribution in [0.4, 0.5) is 0 Å². The Morgan fingerprint density at radius 1 is 1.22 bits per heavy atom. The Balaban J connectivity index is 0.00000162. The Morgan fingerprint density at radius 2 is 2.06 bits per heavy atom. The first-order valence-electron chi connectivity index (χ1n) is 6.98. The van der Waals surface area contributed by atoms with Gasteiger partial charge in [0, 0.05) is 32.2 Å². The predicted molar refractivity (Wildman–Crippen MR) is 85.7 cm³/mol. The molecular weight excluding hydrogens is 341 g/mol. The van der Waals surface area contributed by atoms with Crippen molar-refractivity contribution in [1.82, 2.24) is 10.6 Å². The van der Waals surface area contributed by atoms with Crippen LogP contribution in [0.1, 0.15) is 32.6 Å². The Morgan fingerprint density at radius 3 is 2.61 bits per heavy atom. The number of hydrogen-bond donors (Lipinski definition) is 2. The summed E-state index contributed by atoms with van der Waals surface area (Å²) in [6.07, 6.45) is 5.32. The van der Waals surface area contributed by atoms with E-state index in [1.54, 1.807) is 0 Å². The fourth-order valence-corrected chi connectivity index (χ4v) is 2.23. The first-order chi connectivity index (χ1) is 8.38. The minimum Gasteiger partial charge on any atom is -0.381 e. The fraction of sp³-hybridized carbons (Fsp3) is 0.923. The monoisotopic (exact) mass is 367 g/mol. The van der Waals surface area contributed by atoms with Crippen LogP contribution in [-0.2, 0) is 4.74 Å². The lowest BCUT2D eigenvalue weighted by Crippen LogP contribution is -2.41. The van der Waals surface area contributed by atoms with E-state index < -0.39 is 0 Å². The molecule has 1 unspecified atom stereocenters. The molecule has 0 amide bonds. The van der Waals surface area contributed by atoms with Crippen LogP contribution in [-0.4, -0.2) is 38.8 Å². The smallest absolute Gasteiger partial charge is 0.191 e. The maximum Gasteiger partial charge on any atom is 0.191 e. The Kier molecular flexibility index (Phi) is 7.97. The summed E-state index contributed by atoms with van der Waals surface area (Å²) in [5.74, 6) is 2.47. The molecule has 5 heteroatoms. The summed E-state index contributed by atoms with van der Waals surface area (Å²) >= 11 is 0. The van der Waals surface area contributed by atoms with E-state index in [2.05, 4.69) is 22.5 Å². The summed E-state index contributed by atoms with van der Waals surface area (Å²) in [6, 6.07) is 0. The van der Waals surface area contributed by atoms with Crippen molar-refractivity contribution in [2.45, 2.75) is 32.6 Å².